The zero-order chi connectivity index (χ0) is 21.9. The molecule has 2 aromatic rings. The van der Waals surface area contributed by atoms with Gasteiger partial charge in [0.2, 0.25) is 10.0 Å². The minimum Gasteiger partial charge on any atom is -0.465 e. The molecule has 0 bridgehead atoms. The van der Waals surface area contributed by atoms with E-state index < -0.39 is 22.0 Å². The molecule has 0 radical (unpaired) electrons. The van der Waals surface area contributed by atoms with E-state index in [2.05, 4.69) is 4.74 Å². The Morgan fingerprint density at radius 3 is 2.30 bits per heavy atom. The molecule has 1 aromatic carbocycles. The number of sulfonamides is 1. The molecular weight excluding hydrogens is 410 g/mol. The zero-order valence-corrected chi connectivity index (χ0v) is 18.0. The van der Waals surface area contributed by atoms with E-state index in [1.165, 1.54) is 48.0 Å². The highest BCUT2D eigenvalue weighted by atomic mass is 32.2. The van der Waals surface area contributed by atoms with Crippen LogP contribution >= 0.6 is 0 Å². The number of piperidine rings is 1. The Kier molecular flexibility index (Phi) is 6.62. The zero-order valence-electron chi connectivity index (χ0n) is 17.2. The van der Waals surface area contributed by atoms with Crippen molar-refractivity contribution in [2.45, 2.75) is 31.8 Å². The maximum absolute atomic E-state index is 12.9. The van der Waals surface area contributed by atoms with Gasteiger partial charge in [-0.25, -0.2) is 18.0 Å². The lowest BCUT2D eigenvalue weighted by Gasteiger charge is -2.34. The minimum atomic E-state index is -3.62. The Hall–Kier alpha value is -2.65. The number of carbonyl (C=O) groups excluding carboxylic acids is 2. The predicted molar refractivity (Wildman–Crippen MR) is 107 cm³/mol. The lowest BCUT2D eigenvalue weighted by atomic mass is 9.94. The second-order valence-corrected chi connectivity index (χ2v) is 9.56. The van der Waals surface area contributed by atoms with Crippen LogP contribution in [0.1, 0.15) is 46.7 Å². The van der Waals surface area contributed by atoms with Gasteiger partial charge in [0, 0.05) is 13.1 Å². The molecule has 2 unspecified atom stereocenters. The van der Waals surface area contributed by atoms with Crippen LogP contribution in [0.5, 0.6) is 0 Å². The first kappa shape index (κ1) is 22.0. The van der Waals surface area contributed by atoms with Gasteiger partial charge >= 0.3 is 11.9 Å². The molecule has 0 amide bonds. The quantitative estimate of drug-likeness (QED) is 0.642. The Morgan fingerprint density at radius 1 is 1.07 bits per heavy atom. The van der Waals surface area contributed by atoms with Crippen molar-refractivity contribution in [2.75, 3.05) is 20.2 Å². The predicted octanol–water partition coefficient (Wildman–Crippen LogP) is 3.09. The fraction of sp³-hybridized carbons (Fsp3) is 0.429. The standard InChI is InChI=1S/C21H25NO7S/c1-14-10-15(2)12-22(11-14)30(25,26)17-6-4-16(5-7-17)20(23)29-13-19-18(8-9-28-19)21(24)27-3/h4-9,14-15H,10-13H2,1-3H3. The lowest BCUT2D eigenvalue weighted by Crippen LogP contribution is -2.42. The normalized spacial score (nSPS) is 20.0. The van der Waals surface area contributed by atoms with Crippen molar-refractivity contribution in [1.82, 2.24) is 4.31 Å². The minimum absolute atomic E-state index is 0.138. The first-order chi connectivity index (χ1) is 14.2. The topological polar surface area (TPSA) is 103 Å². The van der Waals surface area contributed by atoms with Crippen LogP contribution in [-0.4, -0.2) is 44.9 Å². The Bertz CT molecular complexity index is 1000. The van der Waals surface area contributed by atoms with Gasteiger partial charge in [0.1, 0.15) is 5.56 Å². The molecule has 0 saturated carbocycles. The van der Waals surface area contributed by atoms with Crippen molar-refractivity contribution >= 4 is 22.0 Å². The average molecular weight is 435 g/mol. The molecule has 3 rings (SSSR count). The fourth-order valence-electron chi connectivity index (χ4n) is 3.67. The highest BCUT2D eigenvalue weighted by Crippen LogP contribution is 2.27. The summed E-state index contributed by atoms with van der Waals surface area (Å²) in [6.45, 7) is 4.81. The summed E-state index contributed by atoms with van der Waals surface area (Å²) >= 11 is 0. The molecule has 9 heteroatoms. The number of hydrogen-bond donors (Lipinski definition) is 0. The molecule has 1 aromatic heterocycles. The molecule has 1 fully saturated rings. The number of nitrogens with zero attached hydrogens (tertiary/aromatic N) is 1. The third kappa shape index (κ3) is 4.73. The van der Waals surface area contributed by atoms with E-state index in [1.807, 2.05) is 13.8 Å². The second kappa shape index (κ2) is 9.01. The molecule has 30 heavy (non-hydrogen) atoms. The fourth-order valence-corrected chi connectivity index (χ4v) is 5.35. The number of benzene rings is 1. The molecule has 0 N–H and O–H groups in total. The second-order valence-electron chi connectivity index (χ2n) is 7.62. The Labute approximate surface area is 175 Å². The van der Waals surface area contributed by atoms with E-state index in [0.717, 1.165) is 6.42 Å². The van der Waals surface area contributed by atoms with Crippen LogP contribution in [0.25, 0.3) is 0 Å². The molecule has 2 atom stereocenters. The largest absolute Gasteiger partial charge is 0.465 e. The third-order valence-electron chi connectivity index (χ3n) is 5.05. The molecular formula is C21H25NO7S. The van der Waals surface area contributed by atoms with E-state index in [1.54, 1.807) is 0 Å². The van der Waals surface area contributed by atoms with Crippen LogP contribution < -0.4 is 0 Å². The molecule has 162 valence electrons. The summed E-state index contributed by atoms with van der Waals surface area (Å²) in [5.74, 6) is -0.483. The number of furan rings is 1. The molecule has 1 aliphatic rings. The number of hydrogen-bond acceptors (Lipinski definition) is 7. The number of ether oxygens (including phenoxy) is 2. The number of carbonyl (C=O) groups is 2. The van der Waals surface area contributed by atoms with E-state index in [-0.39, 0.29) is 28.4 Å². The smallest absolute Gasteiger partial charge is 0.341 e. The van der Waals surface area contributed by atoms with Crippen LogP contribution in [0, 0.1) is 11.8 Å². The molecule has 0 spiro atoms. The highest BCUT2D eigenvalue weighted by molar-refractivity contribution is 7.89. The summed E-state index contributed by atoms with van der Waals surface area (Å²) in [7, 11) is -2.38. The van der Waals surface area contributed by atoms with E-state index >= 15 is 0 Å². The van der Waals surface area contributed by atoms with Gasteiger partial charge in [0.15, 0.2) is 12.4 Å². The van der Waals surface area contributed by atoms with Crippen LogP contribution in [-0.2, 0) is 26.1 Å². The molecule has 1 saturated heterocycles. The van der Waals surface area contributed by atoms with Gasteiger partial charge in [-0.3, -0.25) is 0 Å². The number of rotatable bonds is 6. The van der Waals surface area contributed by atoms with E-state index in [4.69, 9.17) is 9.15 Å². The summed E-state index contributed by atoms with van der Waals surface area (Å²) in [4.78, 5) is 24.1. The summed E-state index contributed by atoms with van der Waals surface area (Å²) in [5.41, 5.74) is 0.372. The first-order valence-electron chi connectivity index (χ1n) is 9.64. The summed E-state index contributed by atoms with van der Waals surface area (Å²) in [6.07, 6.45) is 2.31. The monoisotopic (exact) mass is 435 g/mol. The maximum atomic E-state index is 12.9. The summed E-state index contributed by atoms with van der Waals surface area (Å²) < 4.78 is 42.3. The number of esters is 2. The van der Waals surface area contributed by atoms with Gasteiger partial charge in [-0.15, -0.1) is 0 Å². The van der Waals surface area contributed by atoms with Gasteiger partial charge in [-0.05, 0) is 48.6 Å². The number of methoxy groups -OCH3 is 1. The van der Waals surface area contributed by atoms with Crippen LogP contribution in [0.15, 0.2) is 45.9 Å². The molecule has 8 nitrogen and oxygen atoms in total. The SMILES string of the molecule is COC(=O)c1ccoc1COC(=O)c1ccc(S(=O)(=O)N2CC(C)CC(C)C2)cc1. The highest BCUT2D eigenvalue weighted by Gasteiger charge is 2.31. The van der Waals surface area contributed by atoms with E-state index in [0.29, 0.717) is 24.9 Å². The van der Waals surface area contributed by atoms with Crippen molar-refractivity contribution < 1.29 is 31.9 Å². The van der Waals surface area contributed by atoms with E-state index in [9.17, 15) is 18.0 Å². The van der Waals surface area contributed by atoms with Gasteiger partial charge in [-0.1, -0.05) is 13.8 Å². The summed E-state index contributed by atoms with van der Waals surface area (Å²) in [6, 6.07) is 7.06. The van der Waals surface area contributed by atoms with Crippen molar-refractivity contribution in [1.29, 1.82) is 0 Å². The first-order valence-corrected chi connectivity index (χ1v) is 11.1. The van der Waals surface area contributed by atoms with Gasteiger partial charge in [0.05, 0.1) is 23.8 Å². The Morgan fingerprint density at radius 2 is 1.70 bits per heavy atom. The lowest BCUT2D eigenvalue weighted by molar-refractivity contribution is 0.0432. The average Bonchev–Trinajstić information content (AvgIpc) is 3.19. The van der Waals surface area contributed by atoms with Gasteiger partial charge in [0.25, 0.3) is 0 Å². The Balaban J connectivity index is 1.67. The van der Waals surface area contributed by atoms with Crippen LogP contribution in [0.2, 0.25) is 0 Å². The maximum Gasteiger partial charge on any atom is 0.341 e. The van der Waals surface area contributed by atoms with Crippen LogP contribution in [0.4, 0.5) is 0 Å². The van der Waals surface area contributed by atoms with Crippen LogP contribution in [0.3, 0.4) is 0 Å². The van der Waals surface area contributed by atoms with Crippen molar-refractivity contribution in [3.63, 3.8) is 0 Å². The molecule has 0 aliphatic carbocycles. The molecule has 2 heterocycles. The third-order valence-corrected chi connectivity index (χ3v) is 6.89. The van der Waals surface area contributed by atoms with Gasteiger partial charge in [-0.2, -0.15) is 4.31 Å². The molecule has 1 aliphatic heterocycles. The van der Waals surface area contributed by atoms with Crippen molar-refractivity contribution in [2.24, 2.45) is 11.8 Å². The summed E-state index contributed by atoms with van der Waals surface area (Å²) in [5, 5.41) is 0. The van der Waals surface area contributed by atoms with Crippen molar-refractivity contribution in [3.05, 3.63) is 53.5 Å². The van der Waals surface area contributed by atoms with Gasteiger partial charge < -0.3 is 13.9 Å². The van der Waals surface area contributed by atoms with Crippen molar-refractivity contribution in [3.8, 4) is 0 Å².